The van der Waals surface area contributed by atoms with Crippen molar-refractivity contribution >= 4 is 39.9 Å². The van der Waals surface area contributed by atoms with Crippen molar-refractivity contribution in [2.24, 2.45) is 0 Å². The lowest BCUT2D eigenvalue weighted by Gasteiger charge is -2.15. The van der Waals surface area contributed by atoms with Gasteiger partial charge >= 0.3 is 0 Å². The van der Waals surface area contributed by atoms with Crippen LogP contribution < -0.4 is 20.9 Å². The Labute approximate surface area is 194 Å². The molecule has 0 aliphatic rings. The van der Waals surface area contributed by atoms with E-state index in [0.717, 1.165) is 0 Å². The first-order chi connectivity index (χ1) is 16.0. The van der Waals surface area contributed by atoms with Gasteiger partial charge in [0.25, 0.3) is 11.5 Å². The number of nitrogens with zero attached hydrogens (tertiary/aromatic N) is 1. The second-order valence-electron chi connectivity index (χ2n) is 7.18. The van der Waals surface area contributed by atoms with E-state index in [9.17, 15) is 14.4 Å². The second-order valence-corrected chi connectivity index (χ2v) is 7.61. The van der Waals surface area contributed by atoms with Crippen molar-refractivity contribution in [2.45, 2.75) is 0 Å². The number of aromatic nitrogens is 1. The molecule has 1 heterocycles. The topological polar surface area (TPSA) is 89.4 Å². The maximum absolute atomic E-state index is 13.2. The number of anilines is 1. The monoisotopic (exact) mass is 461 g/mol. The van der Waals surface area contributed by atoms with Gasteiger partial charge in [-0.25, -0.2) is 0 Å². The summed E-state index contributed by atoms with van der Waals surface area (Å²) in [5.41, 5.74) is 0.998. The third-order valence-electron chi connectivity index (χ3n) is 5.03. The second kappa shape index (κ2) is 9.58. The highest BCUT2D eigenvalue weighted by Crippen LogP contribution is 2.23. The van der Waals surface area contributed by atoms with Crippen LogP contribution in [0.1, 0.15) is 10.4 Å². The van der Waals surface area contributed by atoms with Gasteiger partial charge in [-0.05, 0) is 36.4 Å². The van der Waals surface area contributed by atoms with E-state index in [4.69, 9.17) is 16.3 Å². The third-order valence-corrected chi connectivity index (χ3v) is 5.27. The summed E-state index contributed by atoms with van der Waals surface area (Å²) in [6, 6.07) is 20.6. The summed E-state index contributed by atoms with van der Waals surface area (Å²) >= 11 is 5.93. The lowest BCUT2D eigenvalue weighted by atomic mass is 10.1. The summed E-state index contributed by atoms with van der Waals surface area (Å²) in [5, 5.41) is 6.65. The van der Waals surface area contributed by atoms with Crippen molar-refractivity contribution in [2.75, 3.05) is 19.0 Å². The van der Waals surface area contributed by atoms with Gasteiger partial charge in [0.2, 0.25) is 5.91 Å². The van der Waals surface area contributed by atoms with Crippen molar-refractivity contribution in [3.8, 4) is 11.4 Å². The van der Waals surface area contributed by atoms with Crippen molar-refractivity contribution in [3.05, 3.63) is 99.9 Å². The third kappa shape index (κ3) is 4.73. The molecular weight excluding hydrogens is 442 g/mol. The standard InChI is InChI=1S/C25H20ClN3O4/c1-33-22-12-5-4-11-21(22)29-15-20(18-9-2-3-10-19(18)25(29)32)24(31)27-14-23(30)28-17-8-6-7-16(26)13-17/h2-13,15H,14H2,1H3,(H,27,31)(H,28,30). The number of rotatable bonds is 6. The highest BCUT2D eigenvalue weighted by atomic mass is 35.5. The number of methoxy groups -OCH3 is 1. The van der Waals surface area contributed by atoms with Crippen molar-refractivity contribution < 1.29 is 14.3 Å². The summed E-state index contributed by atoms with van der Waals surface area (Å²) in [6.07, 6.45) is 1.47. The number of pyridine rings is 1. The highest BCUT2D eigenvalue weighted by Gasteiger charge is 2.17. The number of carbonyl (C=O) groups is 2. The molecule has 0 fully saturated rings. The molecule has 3 aromatic carbocycles. The molecule has 4 aromatic rings. The van der Waals surface area contributed by atoms with Crippen LogP contribution in [0, 0.1) is 0 Å². The lowest BCUT2D eigenvalue weighted by Crippen LogP contribution is -2.34. The first-order valence-corrected chi connectivity index (χ1v) is 10.5. The van der Waals surface area contributed by atoms with Crippen LogP contribution in [0.4, 0.5) is 5.69 Å². The average Bonchev–Trinajstić information content (AvgIpc) is 2.83. The normalized spacial score (nSPS) is 10.6. The molecule has 0 radical (unpaired) electrons. The fraction of sp³-hybridized carbons (Fsp3) is 0.0800. The van der Waals surface area contributed by atoms with E-state index in [2.05, 4.69) is 10.6 Å². The summed E-state index contributed by atoms with van der Waals surface area (Å²) in [7, 11) is 1.51. The molecule has 0 unspecified atom stereocenters. The predicted octanol–water partition coefficient (Wildman–Crippen LogP) is 4.02. The van der Waals surface area contributed by atoms with Gasteiger partial charge < -0.3 is 15.4 Å². The molecule has 4 rings (SSSR count). The average molecular weight is 462 g/mol. The van der Waals surface area contributed by atoms with E-state index in [1.807, 2.05) is 0 Å². The largest absolute Gasteiger partial charge is 0.495 e. The Hall–Kier alpha value is -4.10. The van der Waals surface area contributed by atoms with E-state index >= 15 is 0 Å². The summed E-state index contributed by atoms with van der Waals surface area (Å²) in [5.74, 6) is -0.411. The van der Waals surface area contributed by atoms with Gasteiger partial charge in [0.05, 0.1) is 24.9 Å². The Morgan fingerprint density at radius 1 is 0.970 bits per heavy atom. The molecular formula is C25H20ClN3O4. The van der Waals surface area contributed by atoms with E-state index < -0.39 is 11.8 Å². The molecule has 1 aromatic heterocycles. The molecule has 166 valence electrons. The quantitative estimate of drug-likeness (QED) is 0.454. The van der Waals surface area contributed by atoms with Gasteiger partial charge in [-0.1, -0.05) is 48.0 Å². The first-order valence-electron chi connectivity index (χ1n) is 10.1. The molecule has 7 nitrogen and oxygen atoms in total. The maximum Gasteiger partial charge on any atom is 0.263 e. The van der Waals surface area contributed by atoms with Crippen molar-refractivity contribution in [1.29, 1.82) is 0 Å². The summed E-state index contributed by atoms with van der Waals surface area (Å²) < 4.78 is 6.77. The van der Waals surface area contributed by atoms with Gasteiger partial charge in [-0.2, -0.15) is 0 Å². The number of amides is 2. The number of hydrogen-bond acceptors (Lipinski definition) is 4. The summed E-state index contributed by atoms with van der Waals surface area (Å²) in [6.45, 7) is -0.256. The minimum absolute atomic E-state index is 0.256. The smallest absolute Gasteiger partial charge is 0.263 e. The van der Waals surface area contributed by atoms with E-state index in [0.29, 0.717) is 32.9 Å². The molecule has 8 heteroatoms. The molecule has 0 aliphatic carbocycles. The van der Waals surface area contributed by atoms with Crippen molar-refractivity contribution in [1.82, 2.24) is 9.88 Å². The Morgan fingerprint density at radius 2 is 1.70 bits per heavy atom. The molecule has 0 aliphatic heterocycles. The molecule has 2 N–H and O–H groups in total. The zero-order valence-corrected chi connectivity index (χ0v) is 18.4. The van der Waals surface area contributed by atoms with Gasteiger partial charge in [0, 0.05) is 27.7 Å². The molecule has 33 heavy (non-hydrogen) atoms. The predicted molar refractivity (Wildman–Crippen MR) is 129 cm³/mol. The number of halogens is 1. The van der Waals surface area contributed by atoms with Gasteiger partial charge in [-0.3, -0.25) is 19.0 Å². The van der Waals surface area contributed by atoms with Crippen LogP contribution in [0.25, 0.3) is 16.5 Å². The van der Waals surface area contributed by atoms with Crippen LogP contribution in [0.2, 0.25) is 5.02 Å². The molecule has 0 saturated heterocycles. The van der Waals surface area contributed by atoms with E-state index in [1.54, 1.807) is 72.8 Å². The Morgan fingerprint density at radius 3 is 2.45 bits per heavy atom. The van der Waals surface area contributed by atoms with Crippen LogP contribution in [0.5, 0.6) is 5.75 Å². The molecule has 0 spiro atoms. The van der Waals surface area contributed by atoms with Crippen LogP contribution in [0.15, 0.2) is 83.8 Å². The number of fused-ring (bicyclic) bond motifs is 1. The Bertz CT molecular complexity index is 1410. The minimum Gasteiger partial charge on any atom is -0.495 e. The van der Waals surface area contributed by atoms with E-state index in [-0.39, 0.29) is 17.7 Å². The SMILES string of the molecule is COc1ccccc1-n1cc(C(=O)NCC(=O)Nc2cccc(Cl)c2)c2ccccc2c1=O. The van der Waals surface area contributed by atoms with Gasteiger partial charge in [-0.15, -0.1) is 0 Å². The lowest BCUT2D eigenvalue weighted by molar-refractivity contribution is -0.115. The molecule has 0 bridgehead atoms. The minimum atomic E-state index is -0.490. The van der Waals surface area contributed by atoms with Crippen LogP contribution in [-0.4, -0.2) is 30.0 Å². The zero-order chi connectivity index (χ0) is 23.4. The number of hydrogen-bond donors (Lipinski definition) is 2. The zero-order valence-electron chi connectivity index (χ0n) is 17.7. The number of ether oxygens (including phenoxy) is 1. The number of para-hydroxylation sites is 2. The molecule has 2 amide bonds. The van der Waals surface area contributed by atoms with E-state index in [1.165, 1.54) is 17.9 Å². The van der Waals surface area contributed by atoms with Crippen LogP contribution in [-0.2, 0) is 4.79 Å². The van der Waals surface area contributed by atoms with Crippen molar-refractivity contribution in [3.63, 3.8) is 0 Å². The fourth-order valence-electron chi connectivity index (χ4n) is 3.51. The first kappa shape index (κ1) is 22.1. The Kier molecular flexibility index (Phi) is 6.42. The number of carbonyl (C=O) groups excluding carboxylic acids is 2. The summed E-state index contributed by atoms with van der Waals surface area (Å²) in [4.78, 5) is 38.5. The van der Waals surface area contributed by atoms with Gasteiger partial charge in [0.1, 0.15) is 5.75 Å². The maximum atomic E-state index is 13.2. The van der Waals surface area contributed by atoms with Crippen LogP contribution in [0.3, 0.4) is 0 Å². The molecule has 0 saturated carbocycles. The number of nitrogens with one attached hydrogen (secondary N) is 2. The van der Waals surface area contributed by atoms with Gasteiger partial charge in [0.15, 0.2) is 0 Å². The number of benzene rings is 3. The Balaban J connectivity index is 1.65. The fourth-order valence-corrected chi connectivity index (χ4v) is 3.70. The highest BCUT2D eigenvalue weighted by molar-refractivity contribution is 6.30. The molecule has 0 atom stereocenters. The van der Waals surface area contributed by atoms with Crippen LogP contribution >= 0.6 is 11.6 Å².